The van der Waals surface area contributed by atoms with Crippen LogP contribution in [0.15, 0.2) is 0 Å². The van der Waals surface area contributed by atoms with E-state index in [-0.39, 0.29) is 12.8 Å². The first-order chi connectivity index (χ1) is 7.96. The van der Waals surface area contributed by atoms with Crippen LogP contribution in [0.4, 0.5) is 13.2 Å². The van der Waals surface area contributed by atoms with E-state index in [9.17, 15) is 23.4 Å². The molecule has 0 bridgehead atoms. The Bertz CT molecular complexity index is 310. The Kier molecular flexibility index (Phi) is 4.84. The SMILES string of the molecule is CC(C)(C)C(C)(O)CCC(C)(C)C(C)(O)C(F)(F)F. The summed E-state index contributed by atoms with van der Waals surface area (Å²) in [6.45, 7) is 10.7. The normalized spacial score (nSPS) is 20.8. The highest BCUT2D eigenvalue weighted by molar-refractivity contribution is 4.97. The number of hydrogen-bond donors (Lipinski definition) is 2. The molecule has 0 amide bonds. The van der Waals surface area contributed by atoms with Crippen molar-refractivity contribution in [2.24, 2.45) is 10.8 Å². The number of rotatable bonds is 4. The van der Waals surface area contributed by atoms with Crippen molar-refractivity contribution in [2.45, 2.75) is 78.7 Å². The third kappa shape index (κ3) is 3.85. The minimum Gasteiger partial charge on any atom is -0.390 e. The van der Waals surface area contributed by atoms with Gasteiger partial charge in [-0.2, -0.15) is 13.2 Å². The largest absolute Gasteiger partial charge is 0.417 e. The fourth-order valence-electron chi connectivity index (χ4n) is 1.56. The van der Waals surface area contributed by atoms with Gasteiger partial charge in [0.25, 0.3) is 0 Å². The van der Waals surface area contributed by atoms with Crippen LogP contribution in [0.3, 0.4) is 0 Å². The van der Waals surface area contributed by atoms with Gasteiger partial charge in [-0.15, -0.1) is 0 Å². The maximum Gasteiger partial charge on any atom is 0.417 e. The molecule has 2 atom stereocenters. The van der Waals surface area contributed by atoms with E-state index in [1.807, 2.05) is 20.8 Å². The summed E-state index contributed by atoms with van der Waals surface area (Å²) in [7, 11) is 0. The molecule has 19 heavy (non-hydrogen) atoms. The Hall–Kier alpha value is -0.290. The number of hydrogen-bond acceptors (Lipinski definition) is 2. The maximum absolute atomic E-state index is 12.9. The number of aliphatic hydroxyl groups is 2. The molecule has 116 valence electrons. The zero-order chi connectivity index (χ0) is 15.9. The molecule has 0 aromatic carbocycles. The lowest BCUT2D eigenvalue weighted by molar-refractivity contribution is -0.291. The van der Waals surface area contributed by atoms with Crippen molar-refractivity contribution in [2.75, 3.05) is 0 Å². The second kappa shape index (κ2) is 4.92. The van der Waals surface area contributed by atoms with Gasteiger partial charge < -0.3 is 10.2 Å². The van der Waals surface area contributed by atoms with E-state index in [4.69, 9.17) is 0 Å². The molecule has 0 fully saturated rings. The zero-order valence-electron chi connectivity index (χ0n) is 12.9. The van der Waals surface area contributed by atoms with Gasteiger partial charge in [0.1, 0.15) is 0 Å². The number of halogens is 3. The van der Waals surface area contributed by atoms with Crippen molar-refractivity contribution in [1.82, 2.24) is 0 Å². The summed E-state index contributed by atoms with van der Waals surface area (Å²) in [5.74, 6) is 0. The van der Waals surface area contributed by atoms with Gasteiger partial charge in [-0.1, -0.05) is 34.6 Å². The fourth-order valence-corrected chi connectivity index (χ4v) is 1.56. The van der Waals surface area contributed by atoms with Crippen LogP contribution < -0.4 is 0 Å². The van der Waals surface area contributed by atoms with Gasteiger partial charge in [0, 0.05) is 5.41 Å². The van der Waals surface area contributed by atoms with Crippen molar-refractivity contribution in [3.8, 4) is 0 Å². The summed E-state index contributed by atoms with van der Waals surface area (Å²) in [4.78, 5) is 0. The molecule has 0 saturated heterocycles. The minimum atomic E-state index is -4.69. The molecule has 0 aromatic rings. The Morgan fingerprint density at radius 1 is 0.737 bits per heavy atom. The topological polar surface area (TPSA) is 40.5 Å². The quantitative estimate of drug-likeness (QED) is 0.822. The highest BCUT2D eigenvalue weighted by Crippen LogP contribution is 2.47. The van der Waals surface area contributed by atoms with Crippen LogP contribution in [-0.4, -0.2) is 27.6 Å². The van der Waals surface area contributed by atoms with E-state index in [0.29, 0.717) is 0 Å². The monoisotopic (exact) mass is 284 g/mol. The van der Waals surface area contributed by atoms with Gasteiger partial charge in [-0.25, -0.2) is 0 Å². The standard InChI is InChI=1S/C14H27F3O2/c1-10(2,3)12(6,18)9-8-11(4,5)13(7,19)14(15,16)17/h18-19H,8-9H2,1-7H3. The minimum absolute atomic E-state index is 0.0732. The second-order valence-corrected chi connectivity index (χ2v) is 7.48. The summed E-state index contributed by atoms with van der Waals surface area (Å²) in [6, 6.07) is 0. The van der Waals surface area contributed by atoms with E-state index in [2.05, 4.69) is 0 Å². The molecule has 2 N–H and O–H groups in total. The molecule has 0 radical (unpaired) electrons. The van der Waals surface area contributed by atoms with Gasteiger partial charge >= 0.3 is 6.18 Å². The van der Waals surface area contributed by atoms with Crippen molar-refractivity contribution < 1.29 is 23.4 Å². The van der Waals surface area contributed by atoms with Crippen LogP contribution in [0.1, 0.15) is 61.3 Å². The average Bonchev–Trinajstić information content (AvgIpc) is 2.11. The summed E-state index contributed by atoms with van der Waals surface area (Å²) < 4.78 is 38.6. The van der Waals surface area contributed by atoms with Gasteiger partial charge in [0.15, 0.2) is 5.60 Å². The Labute approximate surface area is 114 Å². The lowest BCUT2D eigenvalue weighted by atomic mass is 9.67. The molecular formula is C14H27F3O2. The summed E-state index contributed by atoms with van der Waals surface area (Å²) in [5, 5.41) is 20.1. The van der Waals surface area contributed by atoms with E-state index < -0.39 is 28.2 Å². The van der Waals surface area contributed by atoms with Gasteiger partial charge in [-0.05, 0) is 32.1 Å². The van der Waals surface area contributed by atoms with Crippen molar-refractivity contribution in [3.05, 3.63) is 0 Å². The molecule has 0 rings (SSSR count). The first-order valence-electron chi connectivity index (χ1n) is 6.47. The van der Waals surface area contributed by atoms with Gasteiger partial charge in [0.2, 0.25) is 0 Å². The van der Waals surface area contributed by atoms with Crippen LogP contribution in [0.25, 0.3) is 0 Å². The first-order valence-corrected chi connectivity index (χ1v) is 6.47. The van der Waals surface area contributed by atoms with Crippen LogP contribution in [0.5, 0.6) is 0 Å². The third-order valence-electron chi connectivity index (χ3n) is 4.72. The number of alkyl halides is 3. The van der Waals surface area contributed by atoms with E-state index in [1.54, 1.807) is 6.92 Å². The van der Waals surface area contributed by atoms with Crippen LogP contribution >= 0.6 is 0 Å². The lowest BCUT2D eigenvalue weighted by Gasteiger charge is -2.44. The molecule has 2 nitrogen and oxygen atoms in total. The second-order valence-electron chi connectivity index (χ2n) is 7.48. The first kappa shape index (κ1) is 18.7. The predicted octanol–water partition coefficient (Wildman–Crippen LogP) is 3.90. The molecular weight excluding hydrogens is 257 g/mol. The van der Waals surface area contributed by atoms with Crippen molar-refractivity contribution in [1.29, 1.82) is 0 Å². The maximum atomic E-state index is 12.9. The molecule has 2 unspecified atom stereocenters. The molecule has 0 aliphatic rings. The van der Waals surface area contributed by atoms with Crippen molar-refractivity contribution in [3.63, 3.8) is 0 Å². The predicted molar refractivity (Wildman–Crippen MR) is 69.8 cm³/mol. The summed E-state index contributed by atoms with van der Waals surface area (Å²) in [5.41, 5.74) is -5.69. The molecule has 5 heteroatoms. The van der Waals surface area contributed by atoms with E-state index in [0.717, 1.165) is 6.92 Å². The fraction of sp³-hybridized carbons (Fsp3) is 1.00. The van der Waals surface area contributed by atoms with Crippen LogP contribution in [-0.2, 0) is 0 Å². The third-order valence-corrected chi connectivity index (χ3v) is 4.72. The Balaban J connectivity index is 5.01. The van der Waals surface area contributed by atoms with Crippen molar-refractivity contribution >= 4 is 0 Å². The van der Waals surface area contributed by atoms with Gasteiger partial charge in [0.05, 0.1) is 5.60 Å². The lowest BCUT2D eigenvalue weighted by Crippen LogP contribution is -2.54. The highest BCUT2D eigenvalue weighted by Gasteiger charge is 2.59. The van der Waals surface area contributed by atoms with E-state index in [1.165, 1.54) is 13.8 Å². The smallest absolute Gasteiger partial charge is 0.390 e. The highest BCUT2D eigenvalue weighted by atomic mass is 19.4. The summed E-state index contributed by atoms with van der Waals surface area (Å²) >= 11 is 0. The molecule has 0 aliphatic carbocycles. The zero-order valence-corrected chi connectivity index (χ0v) is 12.9. The molecule has 0 saturated carbocycles. The Morgan fingerprint density at radius 2 is 1.11 bits per heavy atom. The molecule has 0 heterocycles. The molecule has 0 aromatic heterocycles. The average molecular weight is 284 g/mol. The van der Waals surface area contributed by atoms with Crippen LogP contribution in [0.2, 0.25) is 0 Å². The summed E-state index contributed by atoms with van der Waals surface area (Å²) in [6.07, 6.45) is -4.43. The molecule has 0 spiro atoms. The molecule has 0 aliphatic heterocycles. The Morgan fingerprint density at radius 3 is 1.37 bits per heavy atom. The van der Waals surface area contributed by atoms with E-state index >= 15 is 0 Å². The van der Waals surface area contributed by atoms with Crippen LogP contribution in [0, 0.1) is 10.8 Å². The van der Waals surface area contributed by atoms with Gasteiger partial charge in [-0.3, -0.25) is 0 Å².